The number of amides is 1. The molecule has 6 nitrogen and oxygen atoms in total. The number of nitrogens with one attached hydrogen (secondary N) is 1. The Morgan fingerprint density at radius 1 is 1.47 bits per heavy atom. The minimum atomic E-state index is -1.30. The van der Waals surface area contributed by atoms with Crippen LogP contribution in [0.3, 0.4) is 0 Å². The zero-order chi connectivity index (χ0) is 14.6. The molecule has 0 aromatic heterocycles. The van der Waals surface area contributed by atoms with Crippen molar-refractivity contribution in [2.45, 2.75) is 32.5 Å². The van der Waals surface area contributed by atoms with Gasteiger partial charge in [-0.1, -0.05) is 19.1 Å². The SMILES string of the molecule is C/C=C/C(O)C(C)C(O)CC(=O)C1C(=O)CNC1=O. The molecule has 1 saturated heterocycles. The molecule has 3 N–H and O–H groups in total. The normalized spacial score (nSPS) is 24.3. The van der Waals surface area contributed by atoms with Crippen molar-refractivity contribution in [1.82, 2.24) is 5.32 Å². The second-order valence-electron chi connectivity index (χ2n) is 4.73. The van der Waals surface area contributed by atoms with E-state index < -0.39 is 41.5 Å². The van der Waals surface area contributed by atoms with E-state index in [0.717, 1.165) is 0 Å². The van der Waals surface area contributed by atoms with Gasteiger partial charge in [-0.25, -0.2) is 0 Å². The van der Waals surface area contributed by atoms with Crippen LogP contribution in [0.25, 0.3) is 0 Å². The lowest BCUT2D eigenvalue weighted by Gasteiger charge is -2.22. The second kappa shape index (κ2) is 6.58. The molecule has 0 aliphatic carbocycles. The summed E-state index contributed by atoms with van der Waals surface area (Å²) in [5.41, 5.74) is 0. The second-order valence-corrected chi connectivity index (χ2v) is 4.73. The van der Waals surface area contributed by atoms with Crippen LogP contribution in [0.5, 0.6) is 0 Å². The first kappa shape index (κ1) is 15.5. The van der Waals surface area contributed by atoms with Crippen LogP contribution in [0.2, 0.25) is 0 Å². The summed E-state index contributed by atoms with van der Waals surface area (Å²) >= 11 is 0. The Hall–Kier alpha value is -1.53. The molecule has 1 aliphatic heterocycles. The topological polar surface area (TPSA) is 104 Å². The molecule has 1 heterocycles. The summed E-state index contributed by atoms with van der Waals surface area (Å²) in [5.74, 6) is -3.54. The van der Waals surface area contributed by atoms with E-state index in [2.05, 4.69) is 5.32 Å². The number of ketones is 2. The highest BCUT2D eigenvalue weighted by atomic mass is 16.3. The fourth-order valence-corrected chi connectivity index (χ4v) is 1.96. The minimum Gasteiger partial charge on any atom is -0.392 e. The van der Waals surface area contributed by atoms with E-state index in [1.807, 2.05) is 0 Å². The number of aliphatic hydroxyl groups is 2. The van der Waals surface area contributed by atoms with Crippen molar-refractivity contribution in [3.8, 4) is 0 Å². The van der Waals surface area contributed by atoms with Gasteiger partial charge in [0.15, 0.2) is 17.5 Å². The Balaban J connectivity index is 2.61. The van der Waals surface area contributed by atoms with E-state index in [4.69, 9.17) is 0 Å². The lowest BCUT2D eigenvalue weighted by atomic mass is 9.89. The molecule has 1 amide bonds. The van der Waals surface area contributed by atoms with Crippen LogP contribution in [0.1, 0.15) is 20.3 Å². The zero-order valence-corrected chi connectivity index (χ0v) is 11.0. The van der Waals surface area contributed by atoms with E-state index in [1.165, 1.54) is 6.08 Å². The van der Waals surface area contributed by atoms with E-state index in [0.29, 0.717) is 0 Å². The van der Waals surface area contributed by atoms with Gasteiger partial charge in [0, 0.05) is 12.3 Å². The Bertz CT molecular complexity index is 388. The molecule has 1 aliphatic rings. The average molecular weight is 269 g/mol. The first-order valence-electron chi connectivity index (χ1n) is 6.20. The maximum atomic E-state index is 11.8. The molecule has 0 saturated carbocycles. The highest BCUT2D eigenvalue weighted by Crippen LogP contribution is 2.17. The van der Waals surface area contributed by atoms with Crippen LogP contribution < -0.4 is 5.32 Å². The van der Waals surface area contributed by atoms with Crippen molar-refractivity contribution in [2.24, 2.45) is 11.8 Å². The predicted octanol–water partition coefficient (Wildman–Crippen LogP) is -0.805. The molecule has 0 radical (unpaired) electrons. The summed E-state index contributed by atoms with van der Waals surface area (Å²) in [6.07, 6.45) is 0.857. The lowest BCUT2D eigenvalue weighted by molar-refractivity contribution is -0.137. The highest BCUT2D eigenvalue weighted by Gasteiger charge is 2.39. The number of rotatable bonds is 6. The summed E-state index contributed by atoms with van der Waals surface area (Å²) in [7, 11) is 0. The Labute approximate surface area is 111 Å². The minimum absolute atomic E-state index is 0.137. The number of carbonyl (C=O) groups excluding carboxylic acids is 3. The quantitative estimate of drug-likeness (QED) is 0.432. The number of Topliss-reactive ketones (excluding diaryl/α,β-unsaturated/α-hetero) is 2. The van der Waals surface area contributed by atoms with E-state index in [-0.39, 0.29) is 13.0 Å². The molecule has 4 atom stereocenters. The highest BCUT2D eigenvalue weighted by molar-refractivity contribution is 6.23. The van der Waals surface area contributed by atoms with Gasteiger partial charge in [-0.15, -0.1) is 0 Å². The van der Waals surface area contributed by atoms with Crippen LogP contribution in [-0.4, -0.2) is 46.4 Å². The van der Waals surface area contributed by atoms with Crippen LogP contribution >= 0.6 is 0 Å². The third-order valence-corrected chi connectivity index (χ3v) is 3.29. The van der Waals surface area contributed by atoms with Crippen LogP contribution in [0, 0.1) is 11.8 Å². The Morgan fingerprint density at radius 3 is 2.58 bits per heavy atom. The molecular formula is C13H19NO5. The number of carbonyl (C=O) groups is 3. The van der Waals surface area contributed by atoms with Crippen LogP contribution in [0.15, 0.2) is 12.2 Å². The van der Waals surface area contributed by atoms with E-state index in [1.54, 1.807) is 19.9 Å². The Kier molecular flexibility index (Phi) is 5.38. The fourth-order valence-electron chi connectivity index (χ4n) is 1.96. The summed E-state index contributed by atoms with van der Waals surface area (Å²) in [4.78, 5) is 34.5. The maximum Gasteiger partial charge on any atom is 0.238 e. The third kappa shape index (κ3) is 3.71. The molecule has 0 aromatic carbocycles. The van der Waals surface area contributed by atoms with Gasteiger partial charge in [-0.05, 0) is 6.92 Å². The number of hydrogen-bond donors (Lipinski definition) is 3. The van der Waals surface area contributed by atoms with Crippen LogP contribution in [0.4, 0.5) is 0 Å². The van der Waals surface area contributed by atoms with Gasteiger partial charge in [-0.3, -0.25) is 14.4 Å². The molecule has 4 unspecified atom stereocenters. The molecular weight excluding hydrogens is 250 g/mol. The maximum absolute atomic E-state index is 11.8. The third-order valence-electron chi connectivity index (χ3n) is 3.29. The average Bonchev–Trinajstić information content (AvgIpc) is 2.68. The summed E-state index contributed by atoms with van der Waals surface area (Å²) in [5, 5.41) is 21.8. The first-order chi connectivity index (χ1) is 8.88. The predicted molar refractivity (Wildman–Crippen MR) is 67.1 cm³/mol. The number of hydrogen-bond acceptors (Lipinski definition) is 5. The van der Waals surface area contributed by atoms with Crippen molar-refractivity contribution in [1.29, 1.82) is 0 Å². The Morgan fingerprint density at radius 2 is 2.11 bits per heavy atom. The molecule has 1 rings (SSSR count). The van der Waals surface area contributed by atoms with Gasteiger partial charge >= 0.3 is 0 Å². The largest absolute Gasteiger partial charge is 0.392 e. The summed E-state index contributed by atoms with van der Waals surface area (Å²) < 4.78 is 0. The van der Waals surface area contributed by atoms with Gasteiger partial charge in [0.25, 0.3) is 0 Å². The van der Waals surface area contributed by atoms with Gasteiger partial charge in [-0.2, -0.15) is 0 Å². The molecule has 6 heteroatoms. The number of allylic oxidation sites excluding steroid dienone is 1. The van der Waals surface area contributed by atoms with Gasteiger partial charge in [0.2, 0.25) is 5.91 Å². The molecule has 0 spiro atoms. The zero-order valence-electron chi connectivity index (χ0n) is 11.0. The van der Waals surface area contributed by atoms with Crippen LogP contribution in [-0.2, 0) is 14.4 Å². The van der Waals surface area contributed by atoms with Crippen molar-refractivity contribution < 1.29 is 24.6 Å². The molecule has 0 bridgehead atoms. The number of aliphatic hydroxyl groups excluding tert-OH is 2. The van der Waals surface area contributed by atoms with Crippen molar-refractivity contribution in [2.75, 3.05) is 6.54 Å². The van der Waals surface area contributed by atoms with Crippen molar-refractivity contribution in [3.63, 3.8) is 0 Å². The fraction of sp³-hybridized carbons (Fsp3) is 0.615. The van der Waals surface area contributed by atoms with Gasteiger partial charge < -0.3 is 15.5 Å². The first-order valence-corrected chi connectivity index (χ1v) is 6.20. The molecule has 19 heavy (non-hydrogen) atoms. The van der Waals surface area contributed by atoms with Gasteiger partial charge in [0.05, 0.1) is 18.8 Å². The van der Waals surface area contributed by atoms with Crippen molar-refractivity contribution in [3.05, 3.63) is 12.2 Å². The summed E-state index contributed by atoms with van der Waals surface area (Å²) in [6.45, 7) is 3.19. The van der Waals surface area contributed by atoms with E-state index in [9.17, 15) is 24.6 Å². The smallest absolute Gasteiger partial charge is 0.238 e. The van der Waals surface area contributed by atoms with Crippen molar-refractivity contribution >= 4 is 17.5 Å². The van der Waals surface area contributed by atoms with E-state index >= 15 is 0 Å². The monoisotopic (exact) mass is 269 g/mol. The molecule has 1 fully saturated rings. The summed E-state index contributed by atoms with van der Waals surface area (Å²) in [6, 6.07) is 0. The molecule has 106 valence electrons. The molecule has 0 aromatic rings. The van der Waals surface area contributed by atoms with Gasteiger partial charge in [0.1, 0.15) is 0 Å². The standard InChI is InChI=1S/C13H19NO5/c1-3-4-8(15)7(2)9(16)5-10(17)12-11(18)6-14-13(12)19/h3-4,7-9,12,15-16H,5-6H2,1-2H3,(H,14,19)/b4-3+. The lowest BCUT2D eigenvalue weighted by Crippen LogP contribution is -2.35.